The third-order valence-corrected chi connectivity index (χ3v) is 3.58. The molecule has 2 rings (SSSR count). The zero-order valence-electron chi connectivity index (χ0n) is 18.7. The number of halogens is 3. The van der Waals surface area contributed by atoms with Gasteiger partial charge in [-0.3, -0.25) is 0 Å². The van der Waals surface area contributed by atoms with E-state index in [0.29, 0.717) is 5.56 Å². The Bertz CT molecular complexity index is 742. The van der Waals surface area contributed by atoms with Gasteiger partial charge in [0.15, 0.2) is 0 Å². The fourth-order valence-corrected chi connectivity index (χ4v) is 2.05. The van der Waals surface area contributed by atoms with Crippen molar-refractivity contribution in [3.8, 4) is 0 Å². The second kappa shape index (κ2) is 14.2. The molecule has 0 heterocycles. The third-order valence-electron chi connectivity index (χ3n) is 3.58. The lowest BCUT2D eigenvalue weighted by Gasteiger charge is -2.20. The Kier molecular flexibility index (Phi) is 13.9. The molecule has 0 spiro atoms. The maximum Gasteiger partial charge on any atom is 0.416 e. The van der Waals surface area contributed by atoms with E-state index in [-0.39, 0.29) is 5.41 Å². The summed E-state index contributed by atoms with van der Waals surface area (Å²) < 4.78 is 35.9. The first kappa shape index (κ1) is 29.4. The summed E-state index contributed by atoms with van der Waals surface area (Å²) in [4.78, 5) is 8.00. The average molecular weight is 422 g/mol. The highest BCUT2D eigenvalue weighted by atomic mass is 19.4. The van der Waals surface area contributed by atoms with Crippen molar-refractivity contribution in [1.29, 1.82) is 0 Å². The van der Waals surface area contributed by atoms with E-state index in [2.05, 4.69) is 77.0 Å². The molecule has 0 unspecified atom stereocenters. The quantitative estimate of drug-likeness (QED) is 0.530. The molecule has 0 saturated carbocycles. The first-order valence-electron chi connectivity index (χ1n) is 9.31. The summed E-state index contributed by atoms with van der Waals surface area (Å²) in [6, 6.07) is 13.7. The molecule has 30 heavy (non-hydrogen) atoms. The summed E-state index contributed by atoms with van der Waals surface area (Å²) in [5.41, 5.74) is 3.78. The maximum absolute atomic E-state index is 12.0. The molecule has 0 radical (unpaired) electrons. The van der Waals surface area contributed by atoms with E-state index in [9.17, 15) is 13.2 Å². The lowest BCUT2D eigenvalue weighted by atomic mass is 9.96. The molecule has 166 valence electrons. The van der Waals surface area contributed by atoms with Crippen molar-refractivity contribution in [2.24, 2.45) is 5.41 Å². The number of aryl methyl sites for hydroxylation is 2. The molecular formula is C25H34F3NO. The zero-order valence-corrected chi connectivity index (χ0v) is 18.7. The Morgan fingerprint density at radius 2 is 1.40 bits per heavy atom. The summed E-state index contributed by atoms with van der Waals surface area (Å²) in [7, 11) is 0. The van der Waals surface area contributed by atoms with Crippen molar-refractivity contribution >= 4 is 12.5 Å². The molecule has 2 aromatic rings. The Labute approximate surface area is 179 Å². The molecule has 0 atom stereocenters. The number of carbonyl (C=O) groups is 1. The number of rotatable bonds is 3. The SMILES string of the molecule is C=C.C=C(NCC(C)(C)C)c1ccc(C)cc1.C=O.Cc1cccc(C(F)(F)F)c1. The minimum atomic E-state index is -4.22. The number of hydrogen-bond donors (Lipinski definition) is 1. The Morgan fingerprint density at radius 3 is 1.77 bits per heavy atom. The molecule has 0 aliphatic rings. The van der Waals surface area contributed by atoms with Gasteiger partial charge in [-0.25, -0.2) is 0 Å². The van der Waals surface area contributed by atoms with Gasteiger partial charge in [-0.05, 0) is 30.9 Å². The van der Waals surface area contributed by atoms with Crippen LogP contribution in [0, 0.1) is 19.3 Å². The van der Waals surface area contributed by atoms with Gasteiger partial charge in [-0.1, -0.05) is 80.9 Å². The number of alkyl halides is 3. The van der Waals surface area contributed by atoms with E-state index in [1.165, 1.54) is 17.2 Å². The smallest absolute Gasteiger partial charge is 0.385 e. The topological polar surface area (TPSA) is 29.1 Å². The van der Waals surface area contributed by atoms with E-state index in [1.54, 1.807) is 13.0 Å². The Balaban J connectivity index is 0. The largest absolute Gasteiger partial charge is 0.416 e. The van der Waals surface area contributed by atoms with E-state index in [0.717, 1.165) is 24.4 Å². The summed E-state index contributed by atoms with van der Waals surface area (Å²) in [5.74, 6) is 0. The number of benzene rings is 2. The van der Waals surface area contributed by atoms with Crippen LogP contribution in [-0.4, -0.2) is 13.3 Å². The molecule has 5 heteroatoms. The van der Waals surface area contributed by atoms with E-state index < -0.39 is 11.7 Å². The second-order valence-corrected chi connectivity index (χ2v) is 7.63. The van der Waals surface area contributed by atoms with Crippen LogP contribution in [0.2, 0.25) is 0 Å². The van der Waals surface area contributed by atoms with Crippen LogP contribution in [-0.2, 0) is 11.0 Å². The van der Waals surface area contributed by atoms with Gasteiger partial charge in [0.2, 0.25) is 0 Å². The van der Waals surface area contributed by atoms with Crippen LogP contribution in [0.5, 0.6) is 0 Å². The number of carbonyl (C=O) groups excluding carboxylic acids is 1. The third kappa shape index (κ3) is 13.4. The lowest BCUT2D eigenvalue weighted by molar-refractivity contribution is -0.137. The first-order chi connectivity index (χ1) is 13.9. The first-order valence-corrected chi connectivity index (χ1v) is 9.31. The summed E-state index contributed by atoms with van der Waals surface area (Å²) in [6.45, 7) is 23.3. The predicted molar refractivity (Wildman–Crippen MR) is 122 cm³/mol. The van der Waals surface area contributed by atoms with Crippen molar-refractivity contribution in [3.05, 3.63) is 90.5 Å². The molecule has 0 aliphatic heterocycles. The van der Waals surface area contributed by atoms with Gasteiger partial charge in [-0.2, -0.15) is 13.2 Å². The molecule has 0 saturated heterocycles. The van der Waals surface area contributed by atoms with Gasteiger partial charge in [0.25, 0.3) is 0 Å². The summed E-state index contributed by atoms with van der Waals surface area (Å²) in [6.07, 6.45) is -4.22. The molecule has 2 aromatic carbocycles. The van der Waals surface area contributed by atoms with Crippen molar-refractivity contribution in [2.45, 2.75) is 40.8 Å². The minimum absolute atomic E-state index is 0.285. The van der Waals surface area contributed by atoms with Crippen molar-refractivity contribution in [1.82, 2.24) is 5.32 Å². The van der Waals surface area contributed by atoms with E-state index in [4.69, 9.17) is 4.79 Å². The van der Waals surface area contributed by atoms with Crippen molar-refractivity contribution in [2.75, 3.05) is 6.54 Å². The van der Waals surface area contributed by atoms with Gasteiger partial charge in [-0.15, -0.1) is 13.2 Å². The molecule has 1 N–H and O–H groups in total. The van der Waals surface area contributed by atoms with Crippen LogP contribution in [0.25, 0.3) is 5.70 Å². The van der Waals surface area contributed by atoms with Crippen LogP contribution >= 0.6 is 0 Å². The fraction of sp³-hybridized carbons (Fsp3) is 0.320. The standard InChI is InChI=1S/C14H21N.C8H7F3.C2H4.CH2O/c1-11-6-8-13(9-7-11)12(2)15-10-14(3,4)5;1-6-3-2-4-7(5-6)8(9,10)11;2*1-2/h6-9,15H,2,10H2,1,3-5H3;2-5H,1H3;1-2H2;1H2. The van der Waals surface area contributed by atoms with Gasteiger partial charge in [0, 0.05) is 12.2 Å². The van der Waals surface area contributed by atoms with Gasteiger partial charge in [0.1, 0.15) is 6.79 Å². The molecular weight excluding hydrogens is 387 g/mol. The van der Waals surface area contributed by atoms with Gasteiger partial charge >= 0.3 is 6.18 Å². The monoisotopic (exact) mass is 421 g/mol. The van der Waals surface area contributed by atoms with Crippen LogP contribution < -0.4 is 5.32 Å². The summed E-state index contributed by atoms with van der Waals surface area (Å²) in [5, 5.41) is 3.36. The van der Waals surface area contributed by atoms with Gasteiger partial charge in [0.05, 0.1) is 5.56 Å². The number of hydrogen-bond acceptors (Lipinski definition) is 2. The van der Waals surface area contributed by atoms with Gasteiger partial charge < -0.3 is 10.1 Å². The average Bonchev–Trinajstić information content (AvgIpc) is 2.69. The van der Waals surface area contributed by atoms with Crippen LogP contribution in [0.3, 0.4) is 0 Å². The second-order valence-electron chi connectivity index (χ2n) is 7.63. The molecule has 0 bridgehead atoms. The van der Waals surface area contributed by atoms with E-state index in [1.807, 2.05) is 6.79 Å². The normalized spacial score (nSPS) is 10.1. The minimum Gasteiger partial charge on any atom is -0.385 e. The molecule has 2 nitrogen and oxygen atoms in total. The highest BCUT2D eigenvalue weighted by Crippen LogP contribution is 2.29. The zero-order chi connectivity index (χ0) is 24.0. The Hall–Kier alpha value is -2.82. The highest BCUT2D eigenvalue weighted by molar-refractivity contribution is 5.61. The lowest BCUT2D eigenvalue weighted by Crippen LogP contribution is -2.25. The predicted octanol–water partition coefficient (Wildman–Crippen LogP) is 7.23. The Morgan fingerprint density at radius 1 is 0.900 bits per heavy atom. The molecule has 0 amide bonds. The maximum atomic E-state index is 12.0. The molecule has 0 fully saturated rings. The molecule has 0 aromatic heterocycles. The van der Waals surface area contributed by atoms with Crippen LogP contribution in [0.4, 0.5) is 13.2 Å². The number of nitrogens with one attached hydrogen (secondary N) is 1. The van der Waals surface area contributed by atoms with Crippen molar-refractivity contribution in [3.63, 3.8) is 0 Å². The van der Waals surface area contributed by atoms with Crippen LogP contribution in [0.1, 0.15) is 43.0 Å². The summed E-state index contributed by atoms with van der Waals surface area (Å²) >= 11 is 0. The van der Waals surface area contributed by atoms with Crippen molar-refractivity contribution < 1.29 is 18.0 Å². The van der Waals surface area contributed by atoms with E-state index >= 15 is 0 Å². The molecule has 0 aliphatic carbocycles. The van der Waals surface area contributed by atoms with Crippen LogP contribution in [0.15, 0.2) is 68.3 Å². The highest BCUT2D eigenvalue weighted by Gasteiger charge is 2.29. The fourth-order valence-electron chi connectivity index (χ4n) is 2.05.